The normalized spacial score (nSPS) is 18.5. The number of nitrogens with one attached hydrogen (secondary N) is 1. The van der Waals surface area contributed by atoms with Gasteiger partial charge in [-0.05, 0) is 28.8 Å². The second kappa shape index (κ2) is 7.25. The topological polar surface area (TPSA) is 62.2 Å². The summed E-state index contributed by atoms with van der Waals surface area (Å²) in [6.07, 6.45) is 1.85. The van der Waals surface area contributed by atoms with Crippen LogP contribution >= 0.6 is 11.3 Å². The minimum Gasteiger partial charge on any atom is -0.390 e. The molecular formula is C22H22N2O2S. The molecule has 2 aromatic carbocycles. The van der Waals surface area contributed by atoms with E-state index >= 15 is 0 Å². The molecule has 27 heavy (non-hydrogen) atoms. The molecule has 0 radical (unpaired) electrons. The smallest absolute Gasteiger partial charge is 0.251 e. The second-order valence-electron chi connectivity index (χ2n) is 7.22. The van der Waals surface area contributed by atoms with Crippen molar-refractivity contribution in [2.24, 2.45) is 0 Å². The summed E-state index contributed by atoms with van der Waals surface area (Å²) in [6, 6.07) is 15.1. The summed E-state index contributed by atoms with van der Waals surface area (Å²) in [5, 5.41) is 14.5. The number of thiazole rings is 1. The first-order chi connectivity index (χ1) is 13.0. The van der Waals surface area contributed by atoms with E-state index in [4.69, 9.17) is 0 Å². The fourth-order valence-corrected chi connectivity index (χ4v) is 4.39. The fraction of sp³-hybridized carbons (Fsp3) is 0.273. The van der Waals surface area contributed by atoms with Gasteiger partial charge in [0.1, 0.15) is 0 Å². The lowest BCUT2D eigenvalue weighted by Gasteiger charge is -2.18. The van der Waals surface area contributed by atoms with Crippen molar-refractivity contribution in [1.82, 2.24) is 10.3 Å². The standard InChI is InChI=1S/C22H22N2O2S/c1-13(2)22-23-12-19(27-22)15-7-5-8-16(10-15)21(26)24-20-17-9-4-3-6-14(17)11-18(20)25/h3-10,12-13,18,20,25H,11H2,1-2H3,(H,24,26)/t18-,20+/m1/s1. The third kappa shape index (κ3) is 3.53. The number of aromatic nitrogens is 1. The molecule has 2 N–H and O–H groups in total. The van der Waals surface area contributed by atoms with Gasteiger partial charge in [-0.2, -0.15) is 0 Å². The molecule has 1 aliphatic rings. The number of carbonyl (C=O) groups excluding carboxylic acids is 1. The molecule has 0 bridgehead atoms. The summed E-state index contributed by atoms with van der Waals surface area (Å²) < 4.78 is 0. The Labute approximate surface area is 162 Å². The lowest BCUT2D eigenvalue weighted by atomic mass is 10.1. The largest absolute Gasteiger partial charge is 0.390 e. The maximum absolute atomic E-state index is 12.8. The van der Waals surface area contributed by atoms with Gasteiger partial charge >= 0.3 is 0 Å². The molecule has 1 aliphatic carbocycles. The van der Waals surface area contributed by atoms with Crippen LogP contribution in [0.5, 0.6) is 0 Å². The third-order valence-electron chi connectivity index (χ3n) is 4.92. The fourth-order valence-electron chi connectivity index (χ4n) is 3.47. The van der Waals surface area contributed by atoms with E-state index in [1.54, 1.807) is 17.4 Å². The maximum atomic E-state index is 12.8. The summed E-state index contributed by atoms with van der Waals surface area (Å²) in [5.41, 5.74) is 3.66. The van der Waals surface area contributed by atoms with Crippen molar-refractivity contribution < 1.29 is 9.90 Å². The Morgan fingerprint density at radius 3 is 2.81 bits per heavy atom. The Morgan fingerprint density at radius 1 is 1.22 bits per heavy atom. The van der Waals surface area contributed by atoms with Crippen molar-refractivity contribution in [2.75, 3.05) is 0 Å². The Hall–Kier alpha value is -2.50. The van der Waals surface area contributed by atoms with E-state index in [0.29, 0.717) is 17.9 Å². The molecule has 138 valence electrons. The van der Waals surface area contributed by atoms with E-state index < -0.39 is 6.10 Å². The van der Waals surface area contributed by atoms with Gasteiger partial charge < -0.3 is 10.4 Å². The summed E-state index contributed by atoms with van der Waals surface area (Å²) in [5.74, 6) is 0.213. The van der Waals surface area contributed by atoms with Gasteiger partial charge in [0.2, 0.25) is 0 Å². The number of hydrogen-bond donors (Lipinski definition) is 2. The second-order valence-corrected chi connectivity index (χ2v) is 8.28. The number of hydrogen-bond acceptors (Lipinski definition) is 4. The van der Waals surface area contributed by atoms with Crippen LogP contribution in [0.2, 0.25) is 0 Å². The van der Waals surface area contributed by atoms with Gasteiger partial charge in [0.15, 0.2) is 0 Å². The van der Waals surface area contributed by atoms with Gasteiger partial charge in [0, 0.05) is 24.1 Å². The highest BCUT2D eigenvalue weighted by molar-refractivity contribution is 7.15. The molecule has 2 atom stereocenters. The van der Waals surface area contributed by atoms with Gasteiger partial charge in [-0.1, -0.05) is 50.2 Å². The zero-order chi connectivity index (χ0) is 19.0. The van der Waals surface area contributed by atoms with Crippen molar-refractivity contribution in [3.63, 3.8) is 0 Å². The number of amides is 1. The highest BCUT2D eigenvalue weighted by atomic mass is 32.1. The Kier molecular flexibility index (Phi) is 4.81. The van der Waals surface area contributed by atoms with Gasteiger partial charge in [-0.15, -0.1) is 11.3 Å². The van der Waals surface area contributed by atoms with Gasteiger partial charge in [-0.3, -0.25) is 4.79 Å². The number of carbonyl (C=O) groups is 1. The molecule has 3 aromatic rings. The summed E-state index contributed by atoms with van der Waals surface area (Å²) in [6.45, 7) is 4.24. The molecule has 1 heterocycles. The number of rotatable bonds is 4. The van der Waals surface area contributed by atoms with E-state index in [-0.39, 0.29) is 11.9 Å². The molecule has 1 aromatic heterocycles. The first kappa shape index (κ1) is 17.9. The Balaban J connectivity index is 1.56. The number of fused-ring (bicyclic) bond motifs is 1. The van der Waals surface area contributed by atoms with Crippen molar-refractivity contribution in [3.8, 4) is 10.4 Å². The number of aliphatic hydroxyl groups is 1. The molecule has 0 aliphatic heterocycles. The third-order valence-corrected chi connectivity index (χ3v) is 6.26. The number of aliphatic hydroxyl groups excluding tert-OH is 1. The Bertz CT molecular complexity index is 980. The van der Waals surface area contributed by atoms with Crippen LogP contribution in [0.3, 0.4) is 0 Å². The van der Waals surface area contributed by atoms with Crippen LogP contribution in [0.4, 0.5) is 0 Å². The molecule has 0 unspecified atom stereocenters. The van der Waals surface area contributed by atoms with Gasteiger partial charge in [0.05, 0.1) is 22.0 Å². The Morgan fingerprint density at radius 2 is 2.04 bits per heavy atom. The molecule has 1 amide bonds. The molecule has 0 spiro atoms. The minimum absolute atomic E-state index is 0.175. The first-order valence-electron chi connectivity index (χ1n) is 9.16. The van der Waals surface area contributed by atoms with Crippen LogP contribution in [-0.2, 0) is 6.42 Å². The van der Waals surface area contributed by atoms with E-state index in [1.807, 2.05) is 48.7 Å². The highest BCUT2D eigenvalue weighted by Gasteiger charge is 2.32. The summed E-state index contributed by atoms with van der Waals surface area (Å²) in [7, 11) is 0. The average molecular weight is 378 g/mol. The van der Waals surface area contributed by atoms with E-state index in [1.165, 1.54) is 0 Å². The van der Waals surface area contributed by atoms with E-state index in [2.05, 4.69) is 24.1 Å². The predicted molar refractivity (Wildman–Crippen MR) is 108 cm³/mol. The van der Waals surface area contributed by atoms with Crippen LogP contribution < -0.4 is 5.32 Å². The van der Waals surface area contributed by atoms with E-state index in [9.17, 15) is 9.90 Å². The van der Waals surface area contributed by atoms with Gasteiger partial charge in [-0.25, -0.2) is 4.98 Å². The van der Waals surface area contributed by atoms with Crippen molar-refractivity contribution in [1.29, 1.82) is 0 Å². The van der Waals surface area contributed by atoms with Crippen molar-refractivity contribution in [2.45, 2.75) is 38.3 Å². The molecule has 4 nitrogen and oxygen atoms in total. The van der Waals surface area contributed by atoms with Crippen LogP contribution in [0.1, 0.15) is 52.3 Å². The van der Waals surface area contributed by atoms with Crippen LogP contribution in [0.15, 0.2) is 54.7 Å². The molecule has 0 saturated carbocycles. The summed E-state index contributed by atoms with van der Waals surface area (Å²) >= 11 is 1.66. The van der Waals surface area contributed by atoms with Gasteiger partial charge in [0.25, 0.3) is 5.91 Å². The zero-order valence-electron chi connectivity index (χ0n) is 15.3. The maximum Gasteiger partial charge on any atom is 0.251 e. The summed E-state index contributed by atoms with van der Waals surface area (Å²) in [4.78, 5) is 18.3. The van der Waals surface area contributed by atoms with Crippen LogP contribution in [0, 0.1) is 0 Å². The molecule has 5 heteroatoms. The molecule has 4 rings (SSSR count). The monoisotopic (exact) mass is 378 g/mol. The van der Waals surface area contributed by atoms with Crippen molar-refractivity contribution in [3.05, 3.63) is 76.4 Å². The minimum atomic E-state index is -0.593. The van der Waals surface area contributed by atoms with E-state index in [0.717, 1.165) is 26.6 Å². The van der Waals surface area contributed by atoms with Crippen LogP contribution in [0.25, 0.3) is 10.4 Å². The highest BCUT2D eigenvalue weighted by Crippen LogP contribution is 2.32. The van der Waals surface area contributed by atoms with Crippen LogP contribution in [-0.4, -0.2) is 22.1 Å². The quantitative estimate of drug-likeness (QED) is 0.711. The zero-order valence-corrected chi connectivity index (χ0v) is 16.2. The molecule has 0 fully saturated rings. The first-order valence-corrected chi connectivity index (χ1v) is 9.97. The predicted octanol–water partition coefficient (Wildman–Crippen LogP) is 4.32. The average Bonchev–Trinajstić information content (AvgIpc) is 3.28. The lowest BCUT2D eigenvalue weighted by Crippen LogP contribution is -2.33. The SMILES string of the molecule is CC(C)c1ncc(-c2cccc(C(=O)N[C@H]3c4ccccc4C[C@H]3O)c2)s1. The van der Waals surface area contributed by atoms with Crippen molar-refractivity contribution >= 4 is 17.2 Å². The number of nitrogens with zero attached hydrogens (tertiary/aromatic N) is 1. The molecule has 0 saturated heterocycles. The number of benzene rings is 2. The molecular weight excluding hydrogens is 356 g/mol. The lowest BCUT2D eigenvalue weighted by molar-refractivity contribution is 0.0858.